The van der Waals surface area contributed by atoms with Crippen molar-refractivity contribution in [2.24, 2.45) is 11.8 Å². The third-order valence-corrected chi connectivity index (χ3v) is 3.72. The van der Waals surface area contributed by atoms with Gasteiger partial charge in [-0.15, -0.1) is 0 Å². The first-order valence-corrected chi connectivity index (χ1v) is 6.47. The molecule has 1 saturated carbocycles. The summed E-state index contributed by atoms with van der Waals surface area (Å²) in [6, 6.07) is 3.98. The molecule has 0 aliphatic heterocycles. The van der Waals surface area contributed by atoms with Gasteiger partial charge in [0.1, 0.15) is 0 Å². The Morgan fingerprint density at radius 3 is 2.71 bits per heavy atom. The van der Waals surface area contributed by atoms with Crippen molar-refractivity contribution in [1.29, 1.82) is 0 Å². The maximum Gasteiger partial charge on any atom is 0.0957 e. The van der Waals surface area contributed by atoms with Gasteiger partial charge in [0, 0.05) is 13.6 Å². The Kier molecular flexibility index (Phi) is 3.67. The summed E-state index contributed by atoms with van der Waals surface area (Å²) in [4.78, 5) is 6.58. The number of aromatic nitrogens is 1. The van der Waals surface area contributed by atoms with Crippen LogP contribution < -0.4 is 4.90 Å². The fourth-order valence-corrected chi connectivity index (χ4v) is 2.14. The molecule has 1 aromatic heterocycles. The van der Waals surface area contributed by atoms with E-state index in [0.717, 1.165) is 29.8 Å². The Bertz CT molecular complexity index is 363. The van der Waals surface area contributed by atoms with E-state index in [4.69, 9.17) is 0 Å². The van der Waals surface area contributed by atoms with Crippen molar-refractivity contribution in [2.75, 3.05) is 18.5 Å². The van der Waals surface area contributed by atoms with Gasteiger partial charge in [-0.2, -0.15) is 0 Å². The van der Waals surface area contributed by atoms with Gasteiger partial charge < -0.3 is 10.0 Å². The van der Waals surface area contributed by atoms with Crippen LogP contribution in [0.25, 0.3) is 0 Å². The molecule has 1 N–H and O–H groups in total. The predicted molar refractivity (Wildman–Crippen MR) is 70.0 cm³/mol. The summed E-state index contributed by atoms with van der Waals surface area (Å²) in [6.45, 7) is 5.37. The minimum absolute atomic E-state index is 0.433. The summed E-state index contributed by atoms with van der Waals surface area (Å²) in [5.74, 6) is 1.73. The van der Waals surface area contributed by atoms with Gasteiger partial charge in [-0.05, 0) is 36.8 Å². The van der Waals surface area contributed by atoms with Crippen LogP contribution in [0.3, 0.4) is 0 Å². The highest BCUT2D eigenvalue weighted by molar-refractivity contribution is 5.44. The second-order valence-corrected chi connectivity index (χ2v) is 5.22. The summed E-state index contributed by atoms with van der Waals surface area (Å²) in [7, 11) is 2.11. The molecule has 94 valence electrons. The number of aliphatic hydroxyl groups is 1. The average Bonchev–Trinajstić information content (AvgIpc) is 3.04. The molecule has 0 radical (unpaired) electrons. The van der Waals surface area contributed by atoms with Crippen LogP contribution in [0.4, 0.5) is 5.69 Å². The van der Waals surface area contributed by atoms with E-state index in [1.807, 2.05) is 25.3 Å². The third kappa shape index (κ3) is 2.97. The zero-order valence-electron chi connectivity index (χ0n) is 10.9. The van der Waals surface area contributed by atoms with E-state index in [9.17, 15) is 5.11 Å². The van der Waals surface area contributed by atoms with Crippen molar-refractivity contribution < 1.29 is 5.11 Å². The van der Waals surface area contributed by atoms with Crippen molar-refractivity contribution in [3.63, 3.8) is 0 Å². The molecule has 0 amide bonds. The molecule has 0 saturated heterocycles. The zero-order valence-corrected chi connectivity index (χ0v) is 10.9. The van der Waals surface area contributed by atoms with Gasteiger partial charge in [0.25, 0.3) is 0 Å². The minimum Gasteiger partial charge on any atom is -0.387 e. The molecule has 1 fully saturated rings. The lowest BCUT2D eigenvalue weighted by molar-refractivity contribution is 0.169. The van der Waals surface area contributed by atoms with Crippen molar-refractivity contribution >= 4 is 5.69 Å². The van der Waals surface area contributed by atoms with Crippen molar-refractivity contribution in [3.05, 3.63) is 24.0 Å². The van der Waals surface area contributed by atoms with Gasteiger partial charge in [0.05, 0.1) is 23.7 Å². The van der Waals surface area contributed by atoms with Gasteiger partial charge in [-0.1, -0.05) is 13.8 Å². The van der Waals surface area contributed by atoms with Gasteiger partial charge in [0.15, 0.2) is 0 Å². The van der Waals surface area contributed by atoms with Crippen LogP contribution in [0.15, 0.2) is 18.3 Å². The maximum atomic E-state index is 9.67. The van der Waals surface area contributed by atoms with Crippen molar-refractivity contribution in [2.45, 2.75) is 32.8 Å². The SMILES string of the molecule is CC[C@@H](O)c1ccc(N(C)CC2CC2C)cn1. The average molecular weight is 234 g/mol. The predicted octanol–water partition coefficient (Wildman–Crippen LogP) is 2.62. The lowest BCUT2D eigenvalue weighted by Crippen LogP contribution is -2.20. The van der Waals surface area contributed by atoms with Gasteiger partial charge in [-0.25, -0.2) is 0 Å². The van der Waals surface area contributed by atoms with E-state index in [-0.39, 0.29) is 0 Å². The monoisotopic (exact) mass is 234 g/mol. The largest absolute Gasteiger partial charge is 0.387 e. The van der Waals surface area contributed by atoms with Crippen molar-refractivity contribution in [3.8, 4) is 0 Å². The second-order valence-electron chi connectivity index (χ2n) is 5.22. The smallest absolute Gasteiger partial charge is 0.0957 e. The van der Waals surface area contributed by atoms with Gasteiger partial charge >= 0.3 is 0 Å². The second kappa shape index (κ2) is 5.05. The number of pyridine rings is 1. The quantitative estimate of drug-likeness (QED) is 0.850. The van der Waals surface area contributed by atoms with Gasteiger partial charge in [-0.3, -0.25) is 4.98 Å². The molecule has 1 aliphatic carbocycles. The molecule has 2 unspecified atom stereocenters. The first kappa shape index (κ1) is 12.4. The number of nitrogens with zero attached hydrogens (tertiary/aromatic N) is 2. The molecule has 3 nitrogen and oxygen atoms in total. The lowest BCUT2D eigenvalue weighted by Gasteiger charge is -2.19. The maximum absolute atomic E-state index is 9.67. The molecule has 2 rings (SSSR count). The minimum atomic E-state index is -0.433. The van der Waals surface area contributed by atoms with E-state index in [0.29, 0.717) is 6.42 Å². The lowest BCUT2D eigenvalue weighted by atomic mass is 10.2. The summed E-state index contributed by atoms with van der Waals surface area (Å²) in [5.41, 5.74) is 1.90. The zero-order chi connectivity index (χ0) is 12.4. The van der Waals surface area contributed by atoms with E-state index in [2.05, 4.69) is 23.9 Å². The van der Waals surface area contributed by atoms with Crippen LogP contribution in [-0.4, -0.2) is 23.7 Å². The standard InChI is InChI=1S/C14H22N2O/c1-4-14(17)13-6-5-12(8-15-13)16(3)9-11-7-10(11)2/h5-6,8,10-11,14,17H,4,7,9H2,1-3H3/t10?,11?,14-/m1/s1. The van der Waals surface area contributed by atoms with E-state index in [1.54, 1.807) is 0 Å². The number of aliphatic hydroxyl groups excluding tert-OH is 1. The molecular weight excluding hydrogens is 212 g/mol. The summed E-state index contributed by atoms with van der Waals surface area (Å²) in [5, 5.41) is 9.67. The van der Waals surface area contributed by atoms with Crippen LogP contribution in [0.2, 0.25) is 0 Å². The normalized spacial score (nSPS) is 24.5. The summed E-state index contributed by atoms with van der Waals surface area (Å²) in [6.07, 6.45) is 3.49. The fraction of sp³-hybridized carbons (Fsp3) is 0.643. The number of hydrogen-bond acceptors (Lipinski definition) is 3. The fourth-order valence-electron chi connectivity index (χ4n) is 2.14. The Morgan fingerprint density at radius 2 is 2.24 bits per heavy atom. The molecule has 1 heterocycles. The topological polar surface area (TPSA) is 36.4 Å². The van der Waals surface area contributed by atoms with Crippen LogP contribution >= 0.6 is 0 Å². The molecule has 0 spiro atoms. The number of rotatable bonds is 5. The van der Waals surface area contributed by atoms with Crippen molar-refractivity contribution in [1.82, 2.24) is 4.98 Å². The molecule has 3 heteroatoms. The number of anilines is 1. The van der Waals surface area contributed by atoms with Crippen LogP contribution in [0.1, 0.15) is 38.5 Å². The molecule has 1 aromatic rings. The highest BCUT2D eigenvalue weighted by Crippen LogP contribution is 2.38. The Labute approximate surface area is 103 Å². The Morgan fingerprint density at radius 1 is 1.53 bits per heavy atom. The molecule has 17 heavy (non-hydrogen) atoms. The van der Waals surface area contributed by atoms with Gasteiger partial charge in [0.2, 0.25) is 0 Å². The summed E-state index contributed by atoms with van der Waals surface area (Å²) < 4.78 is 0. The molecule has 3 atom stereocenters. The summed E-state index contributed by atoms with van der Waals surface area (Å²) >= 11 is 0. The molecule has 0 bridgehead atoms. The highest BCUT2D eigenvalue weighted by Gasteiger charge is 2.33. The first-order valence-electron chi connectivity index (χ1n) is 6.47. The van der Waals surface area contributed by atoms with E-state index < -0.39 is 6.10 Å². The van der Waals surface area contributed by atoms with E-state index >= 15 is 0 Å². The van der Waals surface area contributed by atoms with Crippen LogP contribution in [0, 0.1) is 11.8 Å². The van der Waals surface area contributed by atoms with Crippen LogP contribution in [0.5, 0.6) is 0 Å². The first-order chi connectivity index (χ1) is 8.11. The van der Waals surface area contributed by atoms with Crippen LogP contribution in [-0.2, 0) is 0 Å². The van der Waals surface area contributed by atoms with E-state index in [1.165, 1.54) is 6.42 Å². The molecular formula is C14H22N2O. The molecule has 1 aliphatic rings. The Hall–Kier alpha value is -1.09. The molecule has 0 aromatic carbocycles. The highest BCUT2D eigenvalue weighted by atomic mass is 16.3. The third-order valence-electron chi connectivity index (χ3n) is 3.72. The number of hydrogen-bond donors (Lipinski definition) is 1. The Balaban J connectivity index is 1.96.